The number of benzene rings is 1. The smallest absolute Gasteiger partial charge is 0.310 e. The SMILES string of the molecule is CC(=O)C(C)OC(=O)C1CNC2Cc3cn(C(C)C)c4cccc(c34)C2C1. The van der Waals surface area contributed by atoms with E-state index >= 15 is 0 Å². The lowest BCUT2D eigenvalue weighted by atomic mass is 9.73. The molecule has 5 nitrogen and oxygen atoms in total. The fourth-order valence-electron chi connectivity index (χ4n) is 4.63. The predicted octanol–water partition coefficient (Wildman–Crippen LogP) is 3.36. The van der Waals surface area contributed by atoms with Gasteiger partial charge in [0, 0.05) is 41.6 Å². The molecule has 4 atom stereocenters. The average molecular weight is 368 g/mol. The number of carbonyl (C=O) groups excluding carboxylic acids is 2. The lowest BCUT2D eigenvalue weighted by molar-refractivity contribution is -0.158. The van der Waals surface area contributed by atoms with Gasteiger partial charge in [-0.1, -0.05) is 12.1 Å². The molecule has 144 valence electrons. The van der Waals surface area contributed by atoms with Gasteiger partial charge in [0.15, 0.2) is 11.9 Å². The highest BCUT2D eigenvalue weighted by Crippen LogP contribution is 2.43. The van der Waals surface area contributed by atoms with E-state index in [0.29, 0.717) is 24.5 Å². The van der Waals surface area contributed by atoms with Crippen LogP contribution in [-0.2, 0) is 20.7 Å². The van der Waals surface area contributed by atoms with E-state index in [1.807, 2.05) is 0 Å². The Balaban J connectivity index is 1.64. The monoisotopic (exact) mass is 368 g/mol. The second-order valence-corrected chi connectivity index (χ2v) is 8.34. The third-order valence-corrected chi connectivity index (χ3v) is 6.21. The number of ketones is 1. The number of hydrogen-bond acceptors (Lipinski definition) is 4. The summed E-state index contributed by atoms with van der Waals surface area (Å²) in [7, 11) is 0. The molecule has 0 amide bonds. The van der Waals surface area contributed by atoms with Crippen LogP contribution in [0.3, 0.4) is 0 Å². The first-order valence-corrected chi connectivity index (χ1v) is 9.93. The van der Waals surface area contributed by atoms with Gasteiger partial charge in [0.25, 0.3) is 0 Å². The number of carbonyl (C=O) groups is 2. The van der Waals surface area contributed by atoms with Crippen molar-refractivity contribution in [2.24, 2.45) is 5.92 Å². The minimum Gasteiger partial charge on any atom is -0.454 e. The van der Waals surface area contributed by atoms with Gasteiger partial charge in [0.05, 0.1) is 5.92 Å². The highest BCUT2D eigenvalue weighted by atomic mass is 16.5. The summed E-state index contributed by atoms with van der Waals surface area (Å²) in [5, 5.41) is 4.94. The van der Waals surface area contributed by atoms with Crippen molar-refractivity contribution in [3.8, 4) is 0 Å². The maximum atomic E-state index is 12.6. The van der Waals surface area contributed by atoms with E-state index in [9.17, 15) is 9.59 Å². The number of aromatic nitrogens is 1. The number of ether oxygens (including phenoxy) is 1. The molecule has 5 heteroatoms. The molecule has 4 unspecified atom stereocenters. The number of piperidine rings is 1. The van der Waals surface area contributed by atoms with Crippen LogP contribution in [0.15, 0.2) is 24.4 Å². The lowest BCUT2D eigenvalue weighted by Crippen LogP contribution is -2.49. The van der Waals surface area contributed by atoms with Crippen LogP contribution >= 0.6 is 0 Å². The van der Waals surface area contributed by atoms with Crippen LogP contribution in [0.4, 0.5) is 0 Å². The molecule has 2 aromatic rings. The first kappa shape index (κ1) is 18.2. The molecule has 1 N–H and O–H groups in total. The van der Waals surface area contributed by atoms with E-state index in [-0.39, 0.29) is 17.7 Å². The number of nitrogens with zero attached hydrogens (tertiary/aromatic N) is 1. The van der Waals surface area contributed by atoms with E-state index in [1.165, 1.54) is 29.0 Å². The third-order valence-electron chi connectivity index (χ3n) is 6.21. The molecule has 0 saturated carbocycles. The first-order valence-electron chi connectivity index (χ1n) is 9.93. The lowest BCUT2D eigenvalue weighted by Gasteiger charge is -2.39. The van der Waals surface area contributed by atoms with Crippen molar-refractivity contribution < 1.29 is 14.3 Å². The van der Waals surface area contributed by atoms with Crippen molar-refractivity contribution in [1.82, 2.24) is 9.88 Å². The van der Waals surface area contributed by atoms with Crippen LogP contribution in [0.2, 0.25) is 0 Å². The standard InChI is InChI=1S/C22H28N2O3/c1-12(2)24-11-16-9-19-18(17-6-5-7-20(24)21(16)17)8-15(10-23-19)22(26)27-14(4)13(3)25/h5-7,11-12,14-15,18-19,23H,8-10H2,1-4H3. The maximum Gasteiger partial charge on any atom is 0.310 e. The molecular formula is C22H28N2O3. The summed E-state index contributed by atoms with van der Waals surface area (Å²) in [4.78, 5) is 24.0. The van der Waals surface area contributed by atoms with E-state index in [0.717, 1.165) is 12.8 Å². The Labute approximate surface area is 160 Å². The van der Waals surface area contributed by atoms with Gasteiger partial charge in [0.2, 0.25) is 0 Å². The molecule has 1 aliphatic heterocycles. The van der Waals surface area contributed by atoms with Crippen LogP contribution in [0.25, 0.3) is 10.9 Å². The summed E-state index contributed by atoms with van der Waals surface area (Å²) in [6, 6.07) is 7.29. The number of fused-ring (bicyclic) bond motifs is 2. The summed E-state index contributed by atoms with van der Waals surface area (Å²) >= 11 is 0. The summed E-state index contributed by atoms with van der Waals surface area (Å²) in [6.45, 7) is 8.13. The van der Waals surface area contributed by atoms with Gasteiger partial charge in [-0.05, 0) is 57.7 Å². The Bertz CT molecular complexity index is 898. The largest absolute Gasteiger partial charge is 0.454 e. The Kier molecular flexibility index (Phi) is 4.58. The Morgan fingerprint density at radius 2 is 2.04 bits per heavy atom. The van der Waals surface area contributed by atoms with Gasteiger partial charge < -0.3 is 14.6 Å². The zero-order valence-corrected chi connectivity index (χ0v) is 16.5. The molecule has 0 radical (unpaired) electrons. The second-order valence-electron chi connectivity index (χ2n) is 8.34. The van der Waals surface area contributed by atoms with Gasteiger partial charge in [-0.3, -0.25) is 9.59 Å². The molecule has 1 aliphatic carbocycles. The van der Waals surface area contributed by atoms with Crippen LogP contribution in [0.1, 0.15) is 57.2 Å². The molecule has 1 saturated heterocycles. The molecule has 1 fully saturated rings. The van der Waals surface area contributed by atoms with Gasteiger partial charge in [-0.2, -0.15) is 0 Å². The van der Waals surface area contributed by atoms with Gasteiger partial charge in [-0.15, -0.1) is 0 Å². The predicted molar refractivity (Wildman–Crippen MR) is 105 cm³/mol. The first-order chi connectivity index (χ1) is 12.9. The highest BCUT2D eigenvalue weighted by molar-refractivity contribution is 5.89. The Morgan fingerprint density at radius 3 is 2.74 bits per heavy atom. The summed E-state index contributed by atoms with van der Waals surface area (Å²) < 4.78 is 7.73. The number of nitrogens with one attached hydrogen (secondary N) is 1. The highest BCUT2D eigenvalue weighted by Gasteiger charge is 2.39. The normalized spacial score (nSPS) is 25.3. The van der Waals surface area contributed by atoms with Gasteiger partial charge in [-0.25, -0.2) is 0 Å². The number of hydrogen-bond donors (Lipinski definition) is 1. The minimum absolute atomic E-state index is 0.118. The zero-order valence-electron chi connectivity index (χ0n) is 16.5. The van der Waals surface area contributed by atoms with E-state index in [2.05, 4.69) is 48.1 Å². The quantitative estimate of drug-likeness (QED) is 0.841. The van der Waals surface area contributed by atoms with Crippen molar-refractivity contribution in [3.63, 3.8) is 0 Å². The molecule has 4 rings (SSSR count). The Morgan fingerprint density at radius 1 is 1.26 bits per heavy atom. The number of rotatable bonds is 4. The van der Waals surface area contributed by atoms with Crippen LogP contribution in [0.5, 0.6) is 0 Å². The van der Waals surface area contributed by atoms with Crippen LogP contribution < -0.4 is 5.32 Å². The average Bonchev–Trinajstić information content (AvgIpc) is 3.01. The number of esters is 1. The maximum absolute atomic E-state index is 12.6. The molecule has 2 heterocycles. The Hall–Kier alpha value is -2.14. The molecule has 2 aliphatic rings. The minimum atomic E-state index is -0.670. The molecule has 1 aromatic heterocycles. The van der Waals surface area contributed by atoms with Gasteiger partial charge >= 0.3 is 5.97 Å². The fourth-order valence-corrected chi connectivity index (χ4v) is 4.63. The molecule has 0 spiro atoms. The van der Waals surface area contributed by atoms with E-state index in [4.69, 9.17) is 4.74 Å². The third kappa shape index (κ3) is 3.08. The zero-order chi connectivity index (χ0) is 19.3. The van der Waals surface area contributed by atoms with Crippen molar-refractivity contribution in [2.45, 2.75) is 64.6 Å². The van der Waals surface area contributed by atoms with Crippen molar-refractivity contribution in [2.75, 3.05) is 6.54 Å². The molecule has 27 heavy (non-hydrogen) atoms. The molecule has 0 bridgehead atoms. The molecular weight excluding hydrogens is 340 g/mol. The second kappa shape index (κ2) is 6.79. The van der Waals surface area contributed by atoms with Crippen molar-refractivity contribution in [1.29, 1.82) is 0 Å². The van der Waals surface area contributed by atoms with E-state index < -0.39 is 6.10 Å². The van der Waals surface area contributed by atoms with Crippen LogP contribution in [0, 0.1) is 5.92 Å². The summed E-state index contributed by atoms with van der Waals surface area (Å²) in [6.07, 6.45) is 3.39. The van der Waals surface area contributed by atoms with Crippen molar-refractivity contribution in [3.05, 3.63) is 35.5 Å². The topological polar surface area (TPSA) is 60.3 Å². The summed E-state index contributed by atoms with van der Waals surface area (Å²) in [5.41, 5.74) is 4.02. The van der Waals surface area contributed by atoms with Gasteiger partial charge in [0.1, 0.15) is 0 Å². The number of Topliss-reactive ketones (excluding diaryl/α,β-unsaturated/α-hetero) is 1. The summed E-state index contributed by atoms with van der Waals surface area (Å²) in [5.74, 6) is -0.298. The fraction of sp³-hybridized carbons (Fsp3) is 0.545. The van der Waals surface area contributed by atoms with Crippen LogP contribution in [-0.4, -0.2) is 35.0 Å². The van der Waals surface area contributed by atoms with E-state index in [1.54, 1.807) is 6.92 Å². The van der Waals surface area contributed by atoms with Crippen molar-refractivity contribution >= 4 is 22.7 Å². The molecule has 1 aromatic carbocycles.